The maximum absolute atomic E-state index is 6.82. The zero-order valence-corrected chi connectivity index (χ0v) is 48.0. The number of fused-ring (bicyclic) bond motifs is 10. The first kappa shape index (κ1) is 49.7. The van der Waals surface area contributed by atoms with Crippen LogP contribution in [-0.2, 0) is 21.7 Å². The third-order valence-electron chi connectivity index (χ3n) is 17.7. The molecule has 5 heteroatoms. The van der Waals surface area contributed by atoms with Crippen LogP contribution in [0.5, 0.6) is 0 Å². The third-order valence-corrected chi connectivity index (χ3v) is 17.7. The van der Waals surface area contributed by atoms with Crippen LogP contribution in [0.25, 0.3) is 44.2 Å². The van der Waals surface area contributed by atoms with E-state index in [2.05, 4.69) is 303 Å². The van der Waals surface area contributed by atoms with Crippen molar-refractivity contribution in [1.29, 1.82) is 0 Å². The second-order valence-corrected chi connectivity index (χ2v) is 26.2. The van der Waals surface area contributed by atoms with Crippen LogP contribution in [0.4, 0.5) is 51.2 Å². The molecule has 0 amide bonds. The maximum Gasteiger partial charge on any atom is 0.252 e. The van der Waals surface area contributed by atoms with Gasteiger partial charge in [-0.2, -0.15) is 0 Å². The number of hydrogen-bond donors (Lipinski definition) is 0. The van der Waals surface area contributed by atoms with E-state index in [1.165, 1.54) is 89.2 Å². The van der Waals surface area contributed by atoms with E-state index in [1.807, 2.05) is 0 Å². The normalized spacial score (nSPS) is 14.2. The number of rotatable bonds is 6. The molecule has 10 aromatic carbocycles. The van der Waals surface area contributed by atoms with E-state index in [1.54, 1.807) is 0 Å². The minimum atomic E-state index is -0.290. The molecule has 3 aliphatic rings. The number of nitrogens with zero attached hydrogens (tertiary/aromatic N) is 3. The molecule has 0 fully saturated rings. The lowest BCUT2D eigenvalue weighted by Crippen LogP contribution is -2.61. The summed E-state index contributed by atoms with van der Waals surface area (Å²) < 4.78 is 6.82. The van der Waals surface area contributed by atoms with Crippen molar-refractivity contribution >= 4 is 96.2 Å². The van der Waals surface area contributed by atoms with Crippen LogP contribution in [0.2, 0.25) is 0 Å². The molecule has 11 aromatic rings. The first-order valence-corrected chi connectivity index (χ1v) is 28.6. The summed E-state index contributed by atoms with van der Waals surface area (Å²) in [7, 11) is 0. The van der Waals surface area contributed by atoms with Crippen molar-refractivity contribution in [1.82, 2.24) is 0 Å². The highest BCUT2D eigenvalue weighted by molar-refractivity contribution is 7.00. The first-order valence-electron chi connectivity index (χ1n) is 28.6. The summed E-state index contributed by atoms with van der Waals surface area (Å²) in [5, 5.41) is 2.25. The quantitative estimate of drug-likeness (QED) is 0.155. The van der Waals surface area contributed by atoms with Crippen LogP contribution in [0.3, 0.4) is 0 Å². The van der Waals surface area contributed by atoms with E-state index in [9.17, 15) is 0 Å². The molecule has 1 aliphatic carbocycles. The van der Waals surface area contributed by atoms with Gasteiger partial charge in [0.15, 0.2) is 0 Å². The van der Waals surface area contributed by atoms with Gasteiger partial charge in [0.2, 0.25) is 0 Å². The lowest BCUT2D eigenvalue weighted by molar-refractivity contribution is 0.590. The number of anilines is 9. The van der Waals surface area contributed by atoms with Crippen LogP contribution in [0.1, 0.15) is 104 Å². The van der Waals surface area contributed by atoms with Crippen LogP contribution < -0.4 is 31.1 Å². The molecule has 80 heavy (non-hydrogen) atoms. The molecule has 1 aromatic heterocycles. The SMILES string of the molecule is CC(C)(C)c1ccc(N(c2ccc(C(C)(C)C)cc2)c2ccc3c(c2)N(c2cccc4c2C(C)(C)c2ccccc2-4)c2cc(C(C)(C)C)cc4c2B3c2cc3c(cc2N4c2ccc(-c4ccccc4)cc2)oc2ccccc23)cc1. The lowest BCUT2D eigenvalue weighted by atomic mass is 9.33. The van der Waals surface area contributed by atoms with Gasteiger partial charge in [0, 0.05) is 67.8 Å². The molecular weight excluding hydrogens is 970 g/mol. The summed E-state index contributed by atoms with van der Waals surface area (Å²) in [6.45, 7) is 25.6. The van der Waals surface area contributed by atoms with Crippen LogP contribution in [-0.4, -0.2) is 6.71 Å². The van der Waals surface area contributed by atoms with Crippen molar-refractivity contribution < 1.29 is 4.42 Å². The maximum atomic E-state index is 6.82. The van der Waals surface area contributed by atoms with Gasteiger partial charge >= 0.3 is 0 Å². The van der Waals surface area contributed by atoms with E-state index in [-0.39, 0.29) is 28.4 Å². The Hall–Kier alpha value is -8.54. The van der Waals surface area contributed by atoms with Gasteiger partial charge in [0.05, 0.1) is 5.69 Å². The van der Waals surface area contributed by atoms with Crippen molar-refractivity contribution in [2.24, 2.45) is 0 Å². The molecule has 0 unspecified atom stereocenters. The Labute approximate surface area is 473 Å². The largest absolute Gasteiger partial charge is 0.456 e. The molecular formula is C75H68BN3O. The van der Waals surface area contributed by atoms with Crippen molar-refractivity contribution in [3.05, 3.63) is 240 Å². The summed E-state index contributed by atoms with van der Waals surface area (Å²) in [4.78, 5) is 7.68. The molecule has 0 N–H and O–H groups in total. The average Bonchev–Trinajstić information content (AvgIpc) is 4.08. The molecule has 3 heterocycles. The molecule has 14 rings (SSSR count). The standard InChI is InChI=1S/C75H68BN3O/c1-72(2,3)49-30-36-52(37-31-49)77(53-38-32-50(33-39-53)73(4,5)6)55-40-41-61-64(44-55)79(63-26-19-24-58-56-22-15-17-25-60(56)75(10,11)70(58)63)67-43-51(74(7,8)9)42-66-71(67)76(61)62-45-59-57-23-16-18-27-68(57)80-69(59)46-65(62)78(66)54-34-28-48(29-35-54)47-20-13-12-14-21-47/h12-46H,1-11H3. The van der Waals surface area contributed by atoms with E-state index >= 15 is 0 Å². The smallest absolute Gasteiger partial charge is 0.252 e. The molecule has 0 bridgehead atoms. The van der Waals surface area contributed by atoms with Crippen molar-refractivity contribution in [2.45, 2.75) is 97.8 Å². The molecule has 392 valence electrons. The van der Waals surface area contributed by atoms with Gasteiger partial charge in [-0.15, -0.1) is 0 Å². The molecule has 0 saturated heterocycles. The summed E-state index contributed by atoms with van der Waals surface area (Å²) in [6.07, 6.45) is 0. The molecule has 2 aliphatic heterocycles. The topological polar surface area (TPSA) is 22.9 Å². The first-order chi connectivity index (χ1) is 38.3. The summed E-state index contributed by atoms with van der Waals surface area (Å²) in [5.74, 6) is 0. The molecule has 0 saturated carbocycles. The Morgan fingerprint density at radius 1 is 0.400 bits per heavy atom. The molecule has 0 radical (unpaired) electrons. The predicted octanol–water partition coefficient (Wildman–Crippen LogP) is 19.0. The number of para-hydroxylation sites is 1. The average molecular weight is 1040 g/mol. The van der Waals surface area contributed by atoms with E-state index in [0.29, 0.717) is 0 Å². The Morgan fingerprint density at radius 2 is 0.963 bits per heavy atom. The van der Waals surface area contributed by atoms with Gasteiger partial charge in [-0.3, -0.25) is 0 Å². The van der Waals surface area contributed by atoms with Crippen molar-refractivity contribution in [2.75, 3.05) is 14.7 Å². The highest BCUT2D eigenvalue weighted by atomic mass is 16.3. The number of benzene rings is 10. The highest BCUT2D eigenvalue weighted by Crippen LogP contribution is 2.56. The fourth-order valence-corrected chi connectivity index (χ4v) is 13.4. The fraction of sp³-hybridized carbons (Fsp3) is 0.200. The van der Waals surface area contributed by atoms with Crippen LogP contribution >= 0.6 is 0 Å². The van der Waals surface area contributed by atoms with E-state index < -0.39 is 0 Å². The Bertz CT molecular complexity index is 4200. The molecule has 0 spiro atoms. The van der Waals surface area contributed by atoms with Gasteiger partial charge in [0.25, 0.3) is 6.71 Å². The van der Waals surface area contributed by atoms with Gasteiger partial charge in [-0.05, 0) is 156 Å². The highest BCUT2D eigenvalue weighted by Gasteiger charge is 2.47. The second kappa shape index (κ2) is 17.7. The minimum absolute atomic E-state index is 0.0113. The number of furan rings is 1. The van der Waals surface area contributed by atoms with Gasteiger partial charge in [-0.1, -0.05) is 210 Å². The Kier molecular flexibility index (Phi) is 11.0. The van der Waals surface area contributed by atoms with E-state index in [4.69, 9.17) is 4.42 Å². The summed E-state index contributed by atoms with van der Waals surface area (Å²) >= 11 is 0. The summed E-state index contributed by atoms with van der Waals surface area (Å²) in [5.41, 5.74) is 27.0. The van der Waals surface area contributed by atoms with E-state index in [0.717, 1.165) is 50.4 Å². The lowest BCUT2D eigenvalue weighted by Gasteiger charge is -2.46. The zero-order valence-electron chi connectivity index (χ0n) is 48.0. The molecule has 4 nitrogen and oxygen atoms in total. The van der Waals surface area contributed by atoms with Gasteiger partial charge in [0.1, 0.15) is 11.2 Å². The predicted molar refractivity (Wildman–Crippen MR) is 342 cm³/mol. The zero-order chi connectivity index (χ0) is 55.2. The third kappa shape index (κ3) is 7.79. The van der Waals surface area contributed by atoms with Gasteiger partial charge in [-0.25, -0.2) is 0 Å². The van der Waals surface area contributed by atoms with Crippen molar-refractivity contribution in [3.63, 3.8) is 0 Å². The van der Waals surface area contributed by atoms with Gasteiger partial charge < -0.3 is 19.1 Å². The fourth-order valence-electron chi connectivity index (χ4n) is 13.4. The Morgan fingerprint density at radius 3 is 1.62 bits per heavy atom. The minimum Gasteiger partial charge on any atom is -0.456 e. The van der Waals surface area contributed by atoms with Crippen molar-refractivity contribution in [3.8, 4) is 22.3 Å². The number of hydrogen-bond acceptors (Lipinski definition) is 4. The van der Waals surface area contributed by atoms with Crippen LogP contribution in [0.15, 0.2) is 217 Å². The Balaban J connectivity index is 1.08. The summed E-state index contributed by atoms with van der Waals surface area (Å²) in [6, 6.07) is 80.2. The second-order valence-electron chi connectivity index (χ2n) is 26.2. The molecule has 0 atom stereocenters. The van der Waals surface area contributed by atoms with Crippen LogP contribution in [0, 0.1) is 0 Å². The monoisotopic (exact) mass is 1040 g/mol.